The van der Waals surface area contributed by atoms with Crippen molar-refractivity contribution in [3.63, 3.8) is 0 Å². The van der Waals surface area contributed by atoms with Crippen LogP contribution in [0.2, 0.25) is 0 Å². The maximum Gasteiger partial charge on any atom is 0.254 e. The average molecular weight is 374 g/mol. The van der Waals surface area contributed by atoms with E-state index in [2.05, 4.69) is 20.5 Å². The third kappa shape index (κ3) is 2.70. The van der Waals surface area contributed by atoms with Crippen molar-refractivity contribution in [1.29, 1.82) is 0 Å². The SMILES string of the molecule is COc1ccc2[nH]c3c(c2c1)CN(C(=O)c1ccc(-n2cnnn2)cc1)CC3. The fraction of sp³-hybridized carbons (Fsp3) is 0.200. The molecule has 5 rings (SSSR count). The molecule has 0 fully saturated rings. The van der Waals surface area contributed by atoms with Crippen LogP contribution < -0.4 is 4.74 Å². The fourth-order valence-corrected chi connectivity index (χ4v) is 3.71. The van der Waals surface area contributed by atoms with Gasteiger partial charge in [0.05, 0.1) is 12.8 Å². The number of fused-ring (bicyclic) bond motifs is 3. The third-order valence-electron chi connectivity index (χ3n) is 5.20. The Kier molecular flexibility index (Phi) is 3.82. The Morgan fingerprint density at radius 1 is 1.18 bits per heavy atom. The summed E-state index contributed by atoms with van der Waals surface area (Å²) in [5, 5.41) is 12.2. The van der Waals surface area contributed by atoms with Gasteiger partial charge in [-0.25, -0.2) is 4.68 Å². The number of hydrogen-bond acceptors (Lipinski definition) is 5. The molecule has 4 aromatic rings. The zero-order valence-electron chi connectivity index (χ0n) is 15.3. The Balaban J connectivity index is 1.41. The van der Waals surface area contributed by atoms with Crippen LogP contribution >= 0.6 is 0 Å². The van der Waals surface area contributed by atoms with Crippen molar-refractivity contribution in [2.45, 2.75) is 13.0 Å². The summed E-state index contributed by atoms with van der Waals surface area (Å²) >= 11 is 0. The van der Waals surface area contributed by atoms with E-state index in [0.717, 1.165) is 28.8 Å². The van der Waals surface area contributed by atoms with Gasteiger partial charge in [-0.2, -0.15) is 0 Å². The number of aromatic nitrogens is 5. The summed E-state index contributed by atoms with van der Waals surface area (Å²) in [6.45, 7) is 1.26. The van der Waals surface area contributed by atoms with E-state index < -0.39 is 0 Å². The van der Waals surface area contributed by atoms with Crippen LogP contribution in [0.15, 0.2) is 48.8 Å². The first-order chi connectivity index (χ1) is 13.7. The largest absolute Gasteiger partial charge is 0.497 e. The average Bonchev–Trinajstić information content (AvgIpc) is 3.40. The van der Waals surface area contributed by atoms with Crippen LogP contribution in [0.4, 0.5) is 0 Å². The Labute approximate surface area is 160 Å². The number of ether oxygens (including phenoxy) is 1. The second-order valence-corrected chi connectivity index (χ2v) is 6.77. The lowest BCUT2D eigenvalue weighted by molar-refractivity contribution is 0.0735. The van der Waals surface area contributed by atoms with E-state index in [0.29, 0.717) is 18.7 Å². The van der Waals surface area contributed by atoms with Gasteiger partial charge >= 0.3 is 0 Å². The van der Waals surface area contributed by atoms with Gasteiger partial charge in [0.25, 0.3) is 5.91 Å². The molecule has 0 radical (unpaired) electrons. The summed E-state index contributed by atoms with van der Waals surface area (Å²) in [4.78, 5) is 18.4. The molecule has 1 aliphatic heterocycles. The van der Waals surface area contributed by atoms with Gasteiger partial charge < -0.3 is 14.6 Å². The van der Waals surface area contributed by atoms with E-state index in [1.807, 2.05) is 47.4 Å². The number of nitrogens with zero attached hydrogens (tertiary/aromatic N) is 5. The first kappa shape index (κ1) is 16.5. The molecule has 2 aromatic carbocycles. The third-order valence-corrected chi connectivity index (χ3v) is 5.20. The summed E-state index contributed by atoms with van der Waals surface area (Å²) in [7, 11) is 1.66. The van der Waals surface area contributed by atoms with E-state index in [4.69, 9.17) is 4.74 Å². The van der Waals surface area contributed by atoms with Crippen LogP contribution in [0.5, 0.6) is 5.75 Å². The van der Waals surface area contributed by atoms with Crippen molar-refractivity contribution < 1.29 is 9.53 Å². The van der Waals surface area contributed by atoms with Crippen LogP contribution in [0.3, 0.4) is 0 Å². The van der Waals surface area contributed by atoms with Gasteiger partial charge in [0.2, 0.25) is 0 Å². The fourth-order valence-electron chi connectivity index (χ4n) is 3.71. The predicted octanol–water partition coefficient (Wildman–Crippen LogP) is 2.35. The van der Waals surface area contributed by atoms with Crippen molar-refractivity contribution >= 4 is 16.8 Å². The lowest BCUT2D eigenvalue weighted by Gasteiger charge is -2.27. The molecule has 140 valence electrons. The van der Waals surface area contributed by atoms with Crippen molar-refractivity contribution in [2.75, 3.05) is 13.7 Å². The van der Waals surface area contributed by atoms with E-state index in [9.17, 15) is 4.79 Å². The van der Waals surface area contributed by atoms with Crippen LogP contribution in [-0.4, -0.2) is 49.7 Å². The zero-order valence-corrected chi connectivity index (χ0v) is 15.3. The maximum atomic E-state index is 13.0. The lowest BCUT2D eigenvalue weighted by atomic mass is 10.0. The molecule has 0 atom stereocenters. The van der Waals surface area contributed by atoms with Crippen molar-refractivity contribution in [1.82, 2.24) is 30.1 Å². The molecule has 0 saturated heterocycles. The van der Waals surface area contributed by atoms with Gasteiger partial charge in [-0.1, -0.05) is 0 Å². The van der Waals surface area contributed by atoms with Gasteiger partial charge in [-0.15, -0.1) is 5.10 Å². The van der Waals surface area contributed by atoms with Crippen LogP contribution in [-0.2, 0) is 13.0 Å². The maximum absolute atomic E-state index is 13.0. The summed E-state index contributed by atoms with van der Waals surface area (Å²) in [5.74, 6) is 0.835. The molecule has 2 aromatic heterocycles. The van der Waals surface area contributed by atoms with Crippen molar-refractivity contribution in [3.8, 4) is 11.4 Å². The molecule has 1 aliphatic rings. The highest BCUT2D eigenvalue weighted by atomic mass is 16.5. The molecule has 0 bridgehead atoms. The number of tetrazole rings is 1. The summed E-state index contributed by atoms with van der Waals surface area (Å²) in [6, 6.07) is 13.3. The molecule has 28 heavy (non-hydrogen) atoms. The van der Waals surface area contributed by atoms with E-state index >= 15 is 0 Å². The highest BCUT2D eigenvalue weighted by molar-refractivity contribution is 5.95. The van der Waals surface area contributed by atoms with Crippen LogP contribution in [0.1, 0.15) is 21.6 Å². The van der Waals surface area contributed by atoms with Gasteiger partial charge in [-0.3, -0.25) is 4.79 Å². The minimum atomic E-state index is 0.0196. The second kappa shape index (κ2) is 6.49. The number of carbonyl (C=O) groups is 1. The molecule has 8 nitrogen and oxygen atoms in total. The van der Waals surface area contributed by atoms with Crippen molar-refractivity contribution in [3.05, 3.63) is 65.6 Å². The number of H-pyrrole nitrogens is 1. The van der Waals surface area contributed by atoms with Crippen LogP contribution in [0, 0.1) is 0 Å². The Morgan fingerprint density at radius 3 is 2.79 bits per heavy atom. The minimum Gasteiger partial charge on any atom is -0.497 e. The topological polar surface area (TPSA) is 88.9 Å². The van der Waals surface area contributed by atoms with E-state index in [-0.39, 0.29) is 5.91 Å². The highest BCUT2D eigenvalue weighted by Gasteiger charge is 2.25. The Hall–Kier alpha value is -3.68. The standard InChI is InChI=1S/C20H18N6O2/c1-28-15-6-7-18-16(10-15)17-11-25(9-8-19(17)22-18)20(27)13-2-4-14(5-3-13)26-12-21-23-24-26/h2-7,10,12,22H,8-9,11H2,1H3. The number of hydrogen-bond donors (Lipinski definition) is 1. The molecule has 1 N–H and O–H groups in total. The molecular formula is C20H18N6O2. The normalized spacial score (nSPS) is 13.5. The first-order valence-corrected chi connectivity index (χ1v) is 9.03. The molecule has 0 saturated carbocycles. The number of benzene rings is 2. The number of aromatic amines is 1. The monoisotopic (exact) mass is 374 g/mol. The first-order valence-electron chi connectivity index (χ1n) is 9.03. The summed E-state index contributed by atoms with van der Waals surface area (Å²) in [5.41, 5.74) is 4.90. The van der Waals surface area contributed by atoms with Gasteiger partial charge in [-0.05, 0) is 52.9 Å². The van der Waals surface area contributed by atoms with E-state index in [1.165, 1.54) is 17.6 Å². The van der Waals surface area contributed by atoms with Gasteiger partial charge in [0.15, 0.2) is 0 Å². The second-order valence-electron chi connectivity index (χ2n) is 6.77. The Bertz CT molecular complexity index is 1150. The molecule has 0 aliphatic carbocycles. The van der Waals surface area contributed by atoms with Gasteiger partial charge in [0.1, 0.15) is 12.1 Å². The number of nitrogens with one attached hydrogen (secondary N) is 1. The van der Waals surface area contributed by atoms with Crippen LogP contribution in [0.25, 0.3) is 16.6 Å². The molecule has 8 heteroatoms. The summed E-state index contributed by atoms with van der Waals surface area (Å²) in [6.07, 6.45) is 2.33. The molecular weight excluding hydrogens is 356 g/mol. The zero-order chi connectivity index (χ0) is 19.1. The number of rotatable bonds is 3. The van der Waals surface area contributed by atoms with Gasteiger partial charge in [0, 0.05) is 47.2 Å². The number of carbonyl (C=O) groups excluding carboxylic acids is 1. The molecule has 3 heterocycles. The van der Waals surface area contributed by atoms with E-state index in [1.54, 1.807) is 11.8 Å². The number of methoxy groups -OCH3 is 1. The molecule has 0 spiro atoms. The number of amides is 1. The summed E-state index contributed by atoms with van der Waals surface area (Å²) < 4.78 is 6.91. The highest BCUT2D eigenvalue weighted by Crippen LogP contribution is 2.31. The Morgan fingerprint density at radius 2 is 2.04 bits per heavy atom. The van der Waals surface area contributed by atoms with Crippen molar-refractivity contribution in [2.24, 2.45) is 0 Å². The quantitative estimate of drug-likeness (QED) is 0.595. The lowest BCUT2D eigenvalue weighted by Crippen LogP contribution is -2.35. The molecule has 1 amide bonds. The molecule has 0 unspecified atom stereocenters. The minimum absolute atomic E-state index is 0.0196. The predicted molar refractivity (Wildman–Crippen MR) is 102 cm³/mol. The smallest absolute Gasteiger partial charge is 0.254 e.